The predicted molar refractivity (Wildman–Crippen MR) is 132 cm³/mol. The molecule has 0 aliphatic heterocycles. The van der Waals surface area contributed by atoms with Crippen LogP contribution in [0.3, 0.4) is 0 Å². The fraction of sp³-hybridized carbons (Fsp3) is 0.222. The van der Waals surface area contributed by atoms with Crippen molar-refractivity contribution in [2.24, 2.45) is 0 Å². The number of esters is 1. The van der Waals surface area contributed by atoms with Crippen LogP contribution in [0.1, 0.15) is 41.7 Å². The Kier molecular flexibility index (Phi) is 6.56. The Labute approximate surface area is 197 Å². The number of thiazole rings is 1. The minimum absolute atomic E-state index is 0.111. The van der Waals surface area contributed by atoms with Crippen molar-refractivity contribution in [3.05, 3.63) is 88.9 Å². The van der Waals surface area contributed by atoms with Crippen molar-refractivity contribution in [3.63, 3.8) is 0 Å². The van der Waals surface area contributed by atoms with Gasteiger partial charge in [-0.3, -0.25) is 4.79 Å². The van der Waals surface area contributed by atoms with Gasteiger partial charge >= 0.3 is 5.97 Å². The Morgan fingerprint density at radius 3 is 2.48 bits per heavy atom. The van der Waals surface area contributed by atoms with Gasteiger partial charge in [-0.05, 0) is 61.7 Å². The summed E-state index contributed by atoms with van der Waals surface area (Å²) in [5, 5.41) is 3.69. The first-order valence-corrected chi connectivity index (χ1v) is 11.6. The van der Waals surface area contributed by atoms with Crippen molar-refractivity contribution in [2.75, 3.05) is 0 Å². The molecule has 1 heterocycles. The van der Waals surface area contributed by atoms with E-state index in [2.05, 4.69) is 34.6 Å². The molecule has 4 rings (SSSR count). The third kappa shape index (κ3) is 6.05. The number of carbonyl (C=O) groups excluding carboxylic acids is 2. The average molecular weight is 459 g/mol. The number of aromatic nitrogens is 1. The third-order valence-electron chi connectivity index (χ3n) is 4.90. The molecule has 0 fully saturated rings. The quantitative estimate of drug-likeness (QED) is 0.372. The lowest BCUT2D eigenvalue weighted by Crippen LogP contribution is -2.25. The number of carbonyl (C=O) groups is 2. The normalized spacial score (nSPS) is 11.4. The van der Waals surface area contributed by atoms with Crippen molar-refractivity contribution >= 4 is 33.4 Å². The SMILES string of the molecule is CC(C)(C)OC(=O)c1cccc(CNC(=O)Cc2nc3ccc(-c4ccccc4)cc3s2)c1. The van der Waals surface area contributed by atoms with Crippen LogP contribution < -0.4 is 5.32 Å². The van der Waals surface area contributed by atoms with E-state index in [4.69, 9.17) is 4.74 Å². The fourth-order valence-corrected chi connectivity index (χ4v) is 4.41. The van der Waals surface area contributed by atoms with Crippen molar-refractivity contribution in [1.29, 1.82) is 0 Å². The highest BCUT2D eigenvalue weighted by molar-refractivity contribution is 7.18. The lowest BCUT2D eigenvalue weighted by atomic mass is 10.1. The van der Waals surface area contributed by atoms with Gasteiger partial charge in [0, 0.05) is 6.54 Å². The molecular weight excluding hydrogens is 432 g/mol. The average Bonchev–Trinajstić information content (AvgIpc) is 3.18. The Morgan fingerprint density at radius 2 is 1.73 bits per heavy atom. The third-order valence-corrected chi connectivity index (χ3v) is 5.92. The Hall–Kier alpha value is -3.51. The Morgan fingerprint density at radius 1 is 0.939 bits per heavy atom. The van der Waals surface area contributed by atoms with Crippen LogP contribution in [0.4, 0.5) is 0 Å². The predicted octanol–water partition coefficient (Wildman–Crippen LogP) is 5.78. The number of nitrogens with zero attached hydrogens (tertiary/aromatic N) is 1. The molecule has 0 spiro atoms. The molecule has 1 aromatic heterocycles. The van der Waals surface area contributed by atoms with E-state index in [0.29, 0.717) is 12.1 Å². The smallest absolute Gasteiger partial charge is 0.338 e. The molecule has 5 nitrogen and oxygen atoms in total. The maximum atomic E-state index is 12.5. The second-order valence-corrected chi connectivity index (χ2v) is 9.93. The highest BCUT2D eigenvalue weighted by atomic mass is 32.1. The number of ether oxygens (including phenoxy) is 1. The molecule has 0 bridgehead atoms. The van der Waals surface area contributed by atoms with Gasteiger partial charge in [0.2, 0.25) is 5.91 Å². The van der Waals surface area contributed by atoms with Crippen molar-refractivity contribution in [1.82, 2.24) is 10.3 Å². The second-order valence-electron chi connectivity index (χ2n) is 8.81. The van der Waals surface area contributed by atoms with Crippen LogP contribution >= 0.6 is 11.3 Å². The molecule has 0 radical (unpaired) electrons. The van der Waals surface area contributed by atoms with Gasteiger partial charge in [0.1, 0.15) is 10.6 Å². The zero-order valence-electron chi connectivity index (χ0n) is 18.9. The summed E-state index contributed by atoms with van der Waals surface area (Å²) in [6.07, 6.45) is 0.214. The van der Waals surface area contributed by atoms with Gasteiger partial charge in [-0.1, -0.05) is 48.5 Å². The molecule has 0 saturated heterocycles. The number of nitrogens with one attached hydrogen (secondary N) is 1. The zero-order valence-corrected chi connectivity index (χ0v) is 19.7. The van der Waals surface area contributed by atoms with E-state index >= 15 is 0 Å². The van der Waals surface area contributed by atoms with Gasteiger partial charge in [0.25, 0.3) is 0 Å². The number of rotatable bonds is 6. The minimum Gasteiger partial charge on any atom is -0.456 e. The maximum Gasteiger partial charge on any atom is 0.338 e. The monoisotopic (exact) mass is 458 g/mol. The molecule has 3 aromatic carbocycles. The molecule has 0 saturated carbocycles. The first-order chi connectivity index (χ1) is 15.8. The molecule has 0 aliphatic carbocycles. The topological polar surface area (TPSA) is 68.3 Å². The molecule has 4 aromatic rings. The maximum absolute atomic E-state index is 12.5. The van der Waals surface area contributed by atoms with Crippen LogP contribution in [0.15, 0.2) is 72.8 Å². The highest BCUT2D eigenvalue weighted by Crippen LogP contribution is 2.28. The summed E-state index contributed by atoms with van der Waals surface area (Å²) in [5.74, 6) is -0.486. The van der Waals surface area contributed by atoms with E-state index in [0.717, 1.165) is 31.9 Å². The number of hydrogen-bond acceptors (Lipinski definition) is 5. The summed E-state index contributed by atoms with van der Waals surface area (Å²) in [6, 6.07) is 23.5. The largest absolute Gasteiger partial charge is 0.456 e. The molecule has 168 valence electrons. The van der Waals surface area contributed by atoms with Crippen LogP contribution in [-0.4, -0.2) is 22.5 Å². The number of amides is 1. The van der Waals surface area contributed by atoms with E-state index in [1.165, 1.54) is 11.3 Å². The fourth-order valence-electron chi connectivity index (χ4n) is 3.40. The van der Waals surface area contributed by atoms with E-state index in [1.807, 2.05) is 51.1 Å². The molecule has 1 N–H and O–H groups in total. The first kappa shape index (κ1) is 22.7. The van der Waals surface area contributed by atoms with E-state index in [-0.39, 0.29) is 18.3 Å². The van der Waals surface area contributed by atoms with Gasteiger partial charge in [-0.15, -0.1) is 11.3 Å². The number of benzene rings is 3. The van der Waals surface area contributed by atoms with E-state index in [1.54, 1.807) is 18.2 Å². The van der Waals surface area contributed by atoms with Crippen LogP contribution in [0.5, 0.6) is 0 Å². The second kappa shape index (κ2) is 9.55. The summed E-state index contributed by atoms with van der Waals surface area (Å²) in [7, 11) is 0. The minimum atomic E-state index is -0.555. The Balaban J connectivity index is 1.38. The van der Waals surface area contributed by atoms with Crippen molar-refractivity contribution in [2.45, 2.75) is 39.3 Å². The van der Waals surface area contributed by atoms with E-state index < -0.39 is 5.60 Å². The number of hydrogen-bond donors (Lipinski definition) is 1. The molecule has 0 unspecified atom stereocenters. The molecule has 0 aliphatic rings. The van der Waals surface area contributed by atoms with Gasteiger partial charge in [0.15, 0.2) is 0 Å². The lowest BCUT2D eigenvalue weighted by Gasteiger charge is -2.19. The summed E-state index contributed by atoms with van der Waals surface area (Å²) < 4.78 is 6.48. The summed E-state index contributed by atoms with van der Waals surface area (Å²) in [5.41, 5.74) is 3.93. The van der Waals surface area contributed by atoms with Crippen LogP contribution in [0.25, 0.3) is 21.3 Å². The van der Waals surface area contributed by atoms with Gasteiger partial charge < -0.3 is 10.1 Å². The van der Waals surface area contributed by atoms with Crippen molar-refractivity contribution in [3.8, 4) is 11.1 Å². The molecule has 6 heteroatoms. The van der Waals surface area contributed by atoms with Crippen LogP contribution in [-0.2, 0) is 22.5 Å². The summed E-state index contributed by atoms with van der Waals surface area (Å²) in [6.45, 7) is 5.83. The zero-order chi connectivity index (χ0) is 23.4. The molecule has 33 heavy (non-hydrogen) atoms. The molecular formula is C27H26N2O3S. The van der Waals surface area contributed by atoms with Crippen molar-refractivity contribution < 1.29 is 14.3 Å². The number of fused-ring (bicyclic) bond motifs is 1. The van der Waals surface area contributed by atoms with Gasteiger partial charge in [0.05, 0.1) is 22.2 Å². The standard InChI is InChI=1S/C27H26N2O3S/c1-27(2,3)32-26(31)21-11-7-8-18(14-21)17-28-24(30)16-25-29-22-13-12-20(15-23(22)33-25)19-9-5-4-6-10-19/h4-15H,16-17H2,1-3H3,(H,28,30). The van der Waals surface area contributed by atoms with Crippen LogP contribution in [0, 0.1) is 0 Å². The summed E-state index contributed by atoms with van der Waals surface area (Å²) in [4.78, 5) is 29.4. The summed E-state index contributed by atoms with van der Waals surface area (Å²) >= 11 is 1.53. The molecule has 0 atom stereocenters. The Bertz CT molecular complexity index is 1290. The lowest BCUT2D eigenvalue weighted by molar-refractivity contribution is -0.120. The van der Waals surface area contributed by atoms with E-state index in [9.17, 15) is 9.59 Å². The van der Waals surface area contributed by atoms with Crippen LogP contribution in [0.2, 0.25) is 0 Å². The van der Waals surface area contributed by atoms with Gasteiger partial charge in [-0.2, -0.15) is 0 Å². The highest BCUT2D eigenvalue weighted by Gasteiger charge is 2.18. The van der Waals surface area contributed by atoms with Gasteiger partial charge in [-0.25, -0.2) is 9.78 Å². The molecule has 1 amide bonds. The first-order valence-electron chi connectivity index (χ1n) is 10.8.